The molecule has 0 atom stereocenters. The van der Waals surface area contributed by atoms with E-state index in [9.17, 15) is 4.39 Å². The zero-order valence-electron chi connectivity index (χ0n) is 9.91. The molecule has 0 saturated heterocycles. The van der Waals surface area contributed by atoms with Gasteiger partial charge in [0.05, 0.1) is 0 Å². The van der Waals surface area contributed by atoms with Gasteiger partial charge in [0.15, 0.2) is 0 Å². The summed E-state index contributed by atoms with van der Waals surface area (Å²) in [7, 11) is 0. The maximum absolute atomic E-state index is 13.8. The van der Waals surface area contributed by atoms with Crippen molar-refractivity contribution in [2.75, 3.05) is 0 Å². The first-order valence-electron chi connectivity index (χ1n) is 5.82. The molecule has 0 aromatic heterocycles. The second-order valence-electron chi connectivity index (χ2n) is 4.07. The molecular formula is C15H16FN. The maximum atomic E-state index is 13.8. The number of hydrogen-bond donors (Lipinski definition) is 1. The Kier molecular flexibility index (Phi) is 3.55. The molecule has 0 amide bonds. The Labute approximate surface area is 101 Å². The first-order chi connectivity index (χ1) is 8.24. The van der Waals surface area contributed by atoms with Crippen LogP contribution in [0.5, 0.6) is 0 Å². The molecule has 2 heteroatoms. The summed E-state index contributed by atoms with van der Waals surface area (Å²) in [5.74, 6) is -0.211. The summed E-state index contributed by atoms with van der Waals surface area (Å²) in [6.07, 6.45) is 0.995. The molecule has 2 rings (SSSR count). The van der Waals surface area contributed by atoms with Crippen LogP contribution >= 0.6 is 0 Å². The summed E-state index contributed by atoms with van der Waals surface area (Å²) in [5.41, 5.74) is 9.09. The van der Waals surface area contributed by atoms with E-state index in [2.05, 4.69) is 6.92 Å². The van der Waals surface area contributed by atoms with E-state index < -0.39 is 0 Å². The molecule has 0 radical (unpaired) electrons. The lowest BCUT2D eigenvalue weighted by Gasteiger charge is -2.06. The van der Waals surface area contributed by atoms with Crippen molar-refractivity contribution < 1.29 is 4.39 Å². The molecule has 0 spiro atoms. The maximum Gasteiger partial charge on any atom is 0.131 e. The van der Waals surface area contributed by atoms with Gasteiger partial charge in [0.1, 0.15) is 5.82 Å². The van der Waals surface area contributed by atoms with Crippen LogP contribution < -0.4 is 5.73 Å². The molecule has 0 heterocycles. The first-order valence-corrected chi connectivity index (χ1v) is 5.82. The SMILES string of the molecule is CCc1ccc(-c2ccc(CN)cc2F)cc1. The standard InChI is InChI=1S/C15H16FN/c1-2-11-3-6-13(7-4-11)14-8-5-12(10-17)9-15(14)16/h3-9H,2,10,17H2,1H3. The average Bonchev–Trinajstić information content (AvgIpc) is 2.39. The fourth-order valence-corrected chi connectivity index (χ4v) is 1.84. The van der Waals surface area contributed by atoms with Crippen molar-refractivity contribution >= 4 is 0 Å². The van der Waals surface area contributed by atoms with Crippen LogP contribution in [0.3, 0.4) is 0 Å². The summed E-state index contributed by atoms with van der Waals surface area (Å²) >= 11 is 0. The topological polar surface area (TPSA) is 26.0 Å². The monoisotopic (exact) mass is 229 g/mol. The molecule has 17 heavy (non-hydrogen) atoms. The van der Waals surface area contributed by atoms with Gasteiger partial charge in [-0.15, -0.1) is 0 Å². The van der Waals surface area contributed by atoms with Crippen molar-refractivity contribution in [3.05, 3.63) is 59.4 Å². The summed E-state index contributed by atoms with van der Waals surface area (Å²) in [6.45, 7) is 2.47. The van der Waals surface area contributed by atoms with Crippen molar-refractivity contribution in [1.82, 2.24) is 0 Å². The number of hydrogen-bond acceptors (Lipinski definition) is 1. The first kappa shape index (κ1) is 11.8. The summed E-state index contributed by atoms with van der Waals surface area (Å²) in [5, 5.41) is 0. The highest BCUT2D eigenvalue weighted by molar-refractivity contribution is 5.64. The van der Waals surface area contributed by atoms with Crippen LogP contribution in [-0.4, -0.2) is 0 Å². The van der Waals surface area contributed by atoms with Gasteiger partial charge >= 0.3 is 0 Å². The molecule has 0 aliphatic rings. The number of aryl methyl sites for hydroxylation is 1. The van der Waals surface area contributed by atoms with E-state index in [4.69, 9.17) is 5.73 Å². The Morgan fingerprint density at radius 2 is 1.65 bits per heavy atom. The molecule has 0 saturated carbocycles. The van der Waals surface area contributed by atoms with Gasteiger partial charge in [0, 0.05) is 12.1 Å². The van der Waals surface area contributed by atoms with E-state index in [1.54, 1.807) is 6.07 Å². The fourth-order valence-electron chi connectivity index (χ4n) is 1.84. The summed E-state index contributed by atoms with van der Waals surface area (Å²) < 4.78 is 13.8. The second-order valence-corrected chi connectivity index (χ2v) is 4.07. The Balaban J connectivity index is 2.38. The minimum Gasteiger partial charge on any atom is -0.326 e. The third kappa shape index (κ3) is 2.53. The van der Waals surface area contributed by atoms with Crippen molar-refractivity contribution in [1.29, 1.82) is 0 Å². The lowest BCUT2D eigenvalue weighted by molar-refractivity contribution is 0.629. The van der Waals surface area contributed by atoms with Gasteiger partial charge in [-0.3, -0.25) is 0 Å². The minimum absolute atomic E-state index is 0.211. The van der Waals surface area contributed by atoms with Crippen molar-refractivity contribution in [3.8, 4) is 11.1 Å². The van der Waals surface area contributed by atoms with Gasteiger partial charge in [-0.2, -0.15) is 0 Å². The molecular weight excluding hydrogens is 213 g/mol. The van der Waals surface area contributed by atoms with Gasteiger partial charge in [-0.25, -0.2) is 4.39 Å². The van der Waals surface area contributed by atoms with Crippen LogP contribution in [0.25, 0.3) is 11.1 Å². The molecule has 0 unspecified atom stereocenters. The van der Waals surface area contributed by atoms with Crippen LogP contribution in [0.4, 0.5) is 4.39 Å². The van der Waals surface area contributed by atoms with E-state index in [-0.39, 0.29) is 5.82 Å². The van der Waals surface area contributed by atoms with Gasteiger partial charge in [-0.05, 0) is 29.2 Å². The molecule has 2 aromatic rings. The predicted molar refractivity (Wildman–Crippen MR) is 69.1 cm³/mol. The van der Waals surface area contributed by atoms with Crippen LogP contribution in [0, 0.1) is 5.82 Å². The number of benzene rings is 2. The van der Waals surface area contributed by atoms with Crippen LogP contribution in [-0.2, 0) is 13.0 Å². The van der Waals surface area contributed by atoms with E-state index in [1.807, 2.05) is 30.3 Å². The highest BCUT2D eigenvalue weighted by Gasteiger charge is 2.05. The quantitative estimate of drug-likeness (QED) is 0.856. The molecule has 88 valence electrons. The van der Waals surface area contributed by atoms with E-state index in [1.165, 1.54) is 11.6 Å². The van der Waals surface area contributed by atoms with Gasteiger partial charge in [0.25, 0.3) is 0 Å². The van der Waals surface area contributed by atoms with Crippen molar-refractivity contribution in [2.45, 2.75) is 19.9 Å². The normalized spacial score (nSPS) is 10.5. The van der Waals surface area contributed by atoms with Crippen LogP contribution in [0.2, 0.25) is 0 Å². The molecule has 0 aliphatic heterocycles. The van der Waals surface area contributed by atoms with Crippen LogP contribution in [0.15, 0.2) is 42.5 Å². The third-order valence-electron chi connectivity index (χ3n) is 2.94. The van der Waals surface area contributed by atoms with Crippen molar-refractivity contribution in [2.24, 2.45) is 5.73 Å². The molecule has 0 bridgehead atoms. The number of rotatable bonds is 3. The van der Waals surface area contributed by atoms with Crippen LogP contribution in [0.1, 0.15) is 18.1 Å². The Hall–Kier alpha value is -1.67. The van der Waals surface area contributed by atoms with Gasteiger partial charge in [0.2, 0.25) is 0 Å². The minimum atomic E-state index is -0.211. The van der Waals surface area contributed by atoms with Gasteiger partial charge in [-0.1, -0.05) is 43.3 Å². The van der Waals surface area contributed by atoms with E-state index in [0.717, 1.165) is 17.5 Å². The smallest absolute Gasteiger partial charge is 0.131 e. The molecule has 0 fully saturated rings. The lowest BCUT2D eigenvalue weighted by Crippen LogP contribution is -1.97. The average molecular weight is 229 g/mol. The second kappa shape index (κ2) is 5.11. The lowest BCUT2D eigenvalue weighted by atomic mass is 10.0. The van der Waals surface area contributed by atoms with Gasteiger partial charge < -0.3 is 5.73 Å². The highest BCUT2D eigenvalue weighted by atomic mass is 19.1. The fraction of sp³-hybridized carbons (Fsp3) is 0.200. The van der Waals surface area contributed by atoms with Crippen molar-refractivity contribution in [3.63, 3.8) is 0 Å². The molecule has 0 aliphatic carbocycles. The Morgan fingerprint density at radius 3 is 2.18 bits per heavy atom. The molecule has 1 nitrogen and oxygen atoms in total. The zero-order chi connectivity index (χ0) is 12.3. The highest BCUT2D eigenvalue weighted by Crippen LogP contribution is 2.24. The van der Waals surface area contributed by atoms with E-state index >= 15 is 0 Å². The predicted octanol–water partition coefficient (Wildman–Crippen LogP) is 3.51. The largest absolute Gasteiger partial charge is 0.326 e. The zero-order valence-corrected chi connectivity index (χ0v) is 9.91. The summed E-state index contributed by atoms with van der Waals surface area (Å²) in [6, 6.07) is 13.1. The Morgan fingerprint density at radius 1 is 1.00 bits per heavy atom. The number of nitrogens with two attached hydrogens (primary N) is 1. The number of halogens is 1. The third-order valence-corrected chi connectivity index (χ3v) is 2.94. The van der Waals surface area contributed by atoms with E-state index in [0.29, 0.717) is 12.1 Å². The molecule has 2 N–H and O–H groups in total. The molecule has 2 aromatic carbocycles. The Bertz CT molecular complexity index is 503. The summed E-state index contributed by atoms with van der Waals surface area (Å²) in [4.78, 5) is 0.